The van der Waals surface area contributed by atoms with Crippen LogP contribution in [0.25, 0.3) is 11.0 Å². The van der Waals surface area contributed by atoms with Crippen LogP contribution in [0.3, 0.4) is 0 Å². The second-order valence-corrected chi connectivity index (χ2v) is 9.04. The molecule has 1 amide bonds. The number of nitrogens with zero attached hydrogens (tertiary/aromatic N) is 2. The van der Waals surface area contributed by atoms with Gasteiger partial charge in [0, 0.05) is 23.7 Å². The average Bonchev–Trinajstić information content (AvgIpc) is 3.19. The highest BCUT2D eigenvalue weighted by molar-refractivity contribution is 5.98. The molecule has 7 nitrogen and oxygen atoms in total. The number of hydrogen-bond acceptors (Lipinski definition) is 5. The Morgan fingerprint density at radius 2 is 1.97 bits per heavy atom. The molecule has 1 spiro atoms. The maximum Gasteiger partial charge on any atom is 0.416 e. The minimum absolute atomic E-state index is 0.0216. The normalized spacial score (nSPS) is 20.4. The average molecular weight is 476 g/mol. The lowest BCUT2D eigenvalue weighted by atomic mass is 9.89. The van der Waals surface area contributed by atoms with Gasteiger partial charge in [0.1, 0.15) is 17.3 Å². The summed E-state index contributed by atoms with van der Waals surface area (Å²) in [5.74, 6) is -1.14. The second-order valence-electron chi connectivity index (χ2n) is 9.04. The molecule has 0 saturated heterocycles. The Morgan fingerprint density at radius 3 is 2.68 bits per heavy atom. The summed E-state index contributed by atoms with van der Waals surface area (Å²) in [6.07, 6.45) is -3.68. The van der Waals surface area contributed by atoms with Gasteiger partial charge in [-0.2, -0.15) is 13.2 Å². The van der Waals surface area contributed by atoms with Gasteiger partial charge in [-0.25, -0.2) is 9.37 Å². The van der Waals surface area contributed by atoms with Gasteiger partial charge < -0.3 is 25.1 Å². The zero-order valence-corrected chi connectivity index (χ0v) is 18.1. The SMILES string of the molecule is CN(C(=O)c1cc2nc(N)c3c(c2[nH]1)COC3)[C@@H]1COC2(CC2)c2cc(C(F)(F)F)cc(F)c21. The van der Waals surface area contributed by atoms with Crippen LogP contribution in [0, 0.1) is 5.82 Å². The first-order valence-corrected chi connectivity index (χ1v) is 10.8. The summed E-state index contributed by atoms with van der Waals surface area (Å²) >= 11 is 0. The number of aromatic nitrogens is 2. The van der Waals surface area contributed by atoms with E-state index in [1.807, 2.05) is 0 Å². The number of benzene rings is 1. The Hall–Kier alpha value is -3.18. The molecule has 1 fully saturated rings. The maximum atomic E-state index is 15.1. The highest BCUT2D eigenvalue weighted by Gasteiger charge is 2.53. The Morgan fingerprint density at radius 1 is 1.24 bits per heavy atom. The molecule has 3 N–H and O–H groups in total. The number of fused-ring (bicyclic) bond motifs is 5. The molecule has 4 heterocycles. The number of rotatable bonds is 2. The number of halogens is 4. The molecule has 2 aromatic heterocycles. The summed E-state index contributed by atoms with van der Waals surface area (Å²) in [6.45, 7) is 0.650. The van der Waals surface area contributed by atoms with E-state index in [0.717, 1.165) is 17.2 Å². The zero-order chi connectivity index (χ0) is 24.0. The summed E-state index contributed by atoms with van der Waals surface area (Å²) in [5, 5.41) is 0. The number of carbonyl (C=O) groups is 1. The van der Waals surface area contributed by atoms with Crippen molar-refractivity contribution in [1.82, 2.24) is 14.9 Å². The fourth-order valence-electron chi connectivity index (χ4n) is 5.02. The summed E-state index contributed by atoms with van der Waals surface area (Å²) in [5.41, 5.74) is 7.19. The van der Waals surface area contributed by atoms with Gasteiger partial charge in [0.15, 0.2) is 0 Å². The topological polar surface area (TPSA) is 93.5 Å². The number of anilines is 1. The van der Waals surface area contributed by atoms with Gasteiger partial charge in [0.25, 0.3) is 5.91 Å². The summed E-state index contributed by atoms with van der Waals surface area (Å²) in [4.78, 5) is 22.1. The minimum atomic E-state index is -4.69. The van der Waals surface area contributed by atoms with E-state index < -0.39 is 35.1 Å². The van der Waals surface area contributed by atoms with Crippen LogP contribution in [0.15, 0.2) is 18.2 Å². The van der Waals surface area contributed by atoms with Crippen molar-refractivity contribution in [1.29, 1.82) is 0 Å². The van der Waals surface area contributed by atoms with Crippen LogP contribution in [0.2, 0.25) is 0 Å². The minimum Gasteiger partial charge on any atom is -0.383 e. The molecular weight excluding hydrogens is 456 g/mol. The molecule has 1 atom stereocenters. The van der Waals surface area contributed by atoms with Crippen molar-refractivity contribution in [3.05, 3.63) is 57.5 Å². The van der Waals surface area contributed by atoms with Crippen LogP contribution in [0.5, 0.6) is 0 Å². The quantitative estimate of drug-likeness (QED) is 0.542. The summed E-state index contributed by atoms with van der Waals surface area (Å²) in [6, 6.07) is 2.10. The number of alkyl halides is 3. The van der Waals surface area contributed by atoms with Gasteiger partial charge >= 0.3 is 6.18 Å². The van der Waals surface area contributed by atoms with E-state index in [2.05, 4.69) is 9.97 Å². The first-order valence-electron chi connectivity index (χ1n) is 10.8. The Labute approximate surface area is 190 Å². The molecule has 0 unspecified atom stereocenters. The molecule has 6 rings (SSSR count). The molecule has 34 heavy (non-hydrogen) atoms. The first kappa shape index (κ1) is 21.4. The van der Waals surface area contributed by atoms with E-state index in [0.29, 0.717) is 49.0 Å². The molecule has 3 aromatic rings. The molecule has 1 aliphatic carbocycles. The van der Waals surface area contributed by atoms with Crippen molar-refractivity contribution in [2.45, 2.75) is 43.9 Å². The predicted octanol–water partition coefficient (Wildman–Crippen LogP) is 4.17. The molecule has 11 heteroatoms. The van der Waals surface area contributed by atoms with Gasteiger partial charge in [-0.05, 0) is 36.6 Å². The van der Waals surface area contributed by atoms with E-state index in [-0.39, 0.29) is 23.4 Å². The third kappa shape index (κ3) is 3.03. The Balaban J connectivity index is 1.39. The number of carbonyl (C=O) groups excluding carboxylic acids is 1. The lowest BCUT2D eigenvalue weighted by Gasteiger charge is -2.37. The number of aromatic amines is 1. The third-order valence-corrected chi connectivity index (χ3v) is 7.03. The lowest BCUT2D eigenvalue weighted by molar-refractivity contribution is -0.138. The number of ether oxygens (including phenoxy) is 2. The molecule has 178 valence electrons. The highest BCUT2D eigenvalue weighted by atomic mass is 19.4. The van der Waals surface area contributed by atoms with Crippen molar-refractivity contribution in [2.75, 3.05) is 19.4 Å². The number of H-pyrrole nitrogens is 1. The van der Waals surface area contributed by atoms with E-state index in [1.54, 1.807) is 6.07 Å². The van der Waals surface area contributed by atoms with E-state index >= 15 is 4.39 Å². The lowest BCUT2D eigenvalue weighted by Crippen LogP contribution is -2.40. The van der Waals surface area contributed by atoms with Crippen LogP contribution in [0.4, 0.5) is 23.4 Å². The van der Waals surface area contributed by atoms with Crippen LogP contribution < -0.4 is 5.73 Å². The maximum absolute atomic E-state index is 15.1. The van der Waals surface area contributed by atoms with Gasteiger partial charge in [-0.3, -0.25) is 4.79 Å². The van der Waals surface area contributed by atoms with Crippen molar-refractivity contribution < 1.29 is 31.8 Å². The second kappa shape index (κ2) is 6.92. The van der Waals surface area contributed by atoms with E-state index in [9.17, 15) is 18.0 Å². The molecule has 3 aliphatic rings. The van der Waals surface area contributed by atoms with E-state index in [4.69, 9.17) is 15.2 Å². The van der Waals surface area contributed by atoms with E-state index in [1.165, 1.54) is 11.9 Å². The molecular formula is C23H20F4N4O3. The molecule has 2 aliphatic heterocycles. The first-order chi connectivity index (χ1) is 16.1. The highest BCUT2D eigenvalue weighted by Crippen LogP contribution is 2.56. The van der Waals surface area contributed by atoms with Crippen molar-refractivity contribution in [3.8, 4) is 0 Å². The Kier molecular flexibility index (Phi) is 4.35. The number of nitrogen functional groups attached to an aromatic ring is 1. The Bertz CT molecular complexity index is 1360. The smallest absolute Gasteiger partial charge is 0.383 e. The number of nitrogens with two attached hydrogens (primary N) is 1. The number of nitrogens with one attached hydrogen (secondary N) is 1. The van der Waals surface area contributed by atoms with Crippen molar-refractivity contribution >= 4 is 22.8 Å². The van der Waals surface area contributed by atoms with Crippen LogP contribution >= 0.6 is 0 Å². The molecule has 1 aromatic carbocycles. The van der Waals surface area contributed by atoms with Crippen LogP contribution in [-0.4, -0.2) is 34.4 Å². The molecule has 0 bridgehead atoms. The van der Waals surface area contributed by atoms with Gasteiger partial charge in [0.05, 0.1) is 48.1 Å². The van der Waals surface area contributed by atoms with Crippen LogP contribution in [0.1, 0.15) is 57.2 Å². The molecule has 0 radical (unpaired) electrons. The number of hydrogen-bond donors (Lipinski definition) is 2. The van der Waals surface area contributed by atoms with Gasteiger partial charge in [-0.15, -0.1) is 0 Å². The van der Waals surface area contributed by atoms with Crippen molar-refractivity contribution in [3.63, 3.8) is 0 Å². The fraction of sp³-hybridized carbons (Fsp3) is 0.391. The number of amides is 1. The fourth-order valence-corrected chi connectivity index (χ4v) is 5.02. The summed E-state index contributed by atoms with van der Waals surface area (Å²) < 4.78 is 66.5. The van der Waals surface area contributed by atoms with Gasteiger partial charge in [0.2, 0.25) is 0 Å². The van der Waals surface area contributed by atoms with Crippen molar-refractivity contribution in [2.24, 2.45) is 0 Å². The largest absolute Gasteiger partial charge is 0.416 e. The monoisotopic (exact) mass is 476 g/mol. The predicted molar refractivity (Wildman–Crippen MR) is 112 cm³/mol. The van der Waals surface area contributed by atoms with Gasteiger partial charge in [-0.1, -0.05) is 0 Å². The summed E-state index contributed by atoms with van der Waals surface area (Å²) in [7, 11) is 1.48. The standard InChI is InChI=1S/C23H20F4N4O3/c1-31(21(32)16-6-15-19(29-16)11-7-33-8-12(11)20(28)30-15)17-9-34-22(2-3-22)13-4-10(23(25,26)27)5-14(24)18(13)17/h4-6,17,29H,2-3,7-9H2,1H3,(H2,28,30)/t17-/m1/s1. The van der Waals surface area contributed by atoms with Crippen LogP contribution in [-0.2, 0) is 34.5 Å². The zero-order valence-electron chi connectivity index (χ0n) is 18.1. The third-order valence-electron chi connectivity index (χ3n) is 7.03. The molecule has 1 saturated carbocycles. The number of likely N-dealkylation sites (N-methyl/N-ethyl adjacent to an activating group) is 1. The number of pyridine rings is 1.